The molecule has 0 aromatic heterocycles. The van der Waals surface area contributed by atoms with Crippen molar-refractivity contribution in [1.29, 1.82) is 0 Å². The van der Waals surface area contributed by atoms with Gasteiger partial charge in [-0.1, -0.05) is 41.9 Å². The van der Waals surface area contributed by atoms with Crippen LogP contribution in [0.4, 0.5) is 17.6 Å². The summed E-state index contributed by atoms with van der Waals surface area (Å²) in [6.07, 6.45) is -2.80. The molecule has 1 saturated carbocycles. The molecule has 5 nitrogen and oxygen atoms in total. The van der Waals surface area contributed by atoms with E-state index in [4.69, 9.17) is 11.6 Å². The summed E-state index contributed by atoms with van der Waals surface area (Å²) in [6, 6.07) is 11.0. The van der Waals surface area contributed by atoms with Gasteiger partial charge in [-0.05, 0) is 92.7 Å². The maximum absolute atomic E-state index is 14.9. The summed E-state index contributed by atoms with van der Waals surface area (Å²) in [5, 5.41) is 21.2. The molecule has 3 aliphatic rings. The summed E-state index contributed by atoms with van der Waals surface area (Å²) in [7, 11) is 0. The van der Waals surface area contributed by atoms with Crippen LogP contribution in [0.1, 0.15) is 67.7 Å². The second kappa shape index (κ2) is 10.0. The number of aliphatic carboxylic acids is 1. The highest BCUT2D eigenvalue weighted by Crippen LogP contribution is 2.52. The van der Waals surface area contributed by atoms with Gasteiger partial charge in [0.1, 0.15) is 5.60 Å². The molecule has 40 heavy (non-hydrogen) atoms. The van der Waals surface area contributed by atoms with Crippen molar-refractivity contribution in [2.45, 2.75) is 87.2 Å². The largest absolute Gasteiger partial charge is 0.481 e. The van der Waals surface area contributed by atoms with Crippen LogP contribution in [0.3, 0.4) is 0 Å². The van der Waals surface area contributed by atoms with Gasteiger partial charge in [-0.25, -0.2) is 4.39 Å². The van der Waals surface area contributed by atoms with Crippen molar-refractivity contribution < 1.29 is 37.4 Å². The summed E-state index contributed by atoms with van der Waals surface area (Å²) in [4.78, 5) is 26.9. The van der Waals surface area contributed by atoms with Crippen molar-refractivity contribution in [1.82, 2.24) is 4.90 Å². The zero-order valence-electron chi connectivity index (χ0n) is 22.1. The number of aryl methyl sites for hydroxylation is 1. The SMILES string of the molecule is CC(F)(c1ccc2c(c1)CCC1N(C(=O)C3(O)CCC(C(=O)O)CC3)CCC21Cc1cccc(Cl)c1)C(F)(F)F. The normalized spacial score (nSPS) is 29.8. The molecular weight excluding hydrogens is 550 g/mol. The summed E-state index contributed by atoms with van der Waals surface area (Å²) in [6.45, 7) is 0.858. The molecule has 1 saturated heterocycles. The highest BCUT2D eigenvalue weighted by Gasteiger charge is 2.57. The zero-order valence-corrected chi connectivity index (χ0v) is 22.9. The lowest BCUT2D eigenvalue weighted by Crippen LogP contribution is -2.56. The van der Waals surface area contributed by atoms with Crippen molar-refractivity contribution in [3.05, 3.63) is 69.7 Å². The van der Waals surface area contributed by atoms with Crippen molar-refractivity contribution in [2.75, 3.05) is 6.54 Å². The monoisotopic (exact) mass is 581 g/mol. The minimum atomic E-state index is -5.07. The van der Waals surface area contributed by atoms with Gasteiger partial charge in [0.15, 0.2) is 0 Å². The average molecular weight is 582 g/mol. The van der Waals surface area contributed by atoms with Crippen LogP contribution in [-0.4, -0.2) is 51.4 Å². The number of likely N-dealkylation sites (tertiary alicyclic amines) is 1. The molecule has 10 heteroatoms. The summed E-state index contributed by atoms with van der Waals surface area (Å²) in [5.41, 5.74) is -3.99. The van der Waals surface area contributed by atoms with Crippen LogP contribution in [0.25, 0.3) is 0 Å². The number of hydrogen-bond donors (Lipinski definition) is 2. The average Bonchev–Trinajstić information content (AvgIpc) is 3.26. The quantitative estimate of drug-likeness (QED) is 0.417. The fraction of sp³-hybridized carbons (Fsp3) is 0.533. The van der Waals surface area contributed by atoms with Gasteiger partial charge in [0.05, 0.1) is 5.92 Å². The molecule has 1 aliphatic heterocycles. The Morgan fingerprint density at radius 3 is 2.38 bits per heavy atom. The molecule has 1 amide bonds. The van der Waals surface area contributed by atoms with Gasteiger partial charge in [0.25, 0.3) is 5.91 Å². The number of nitrogens with zero attached hydrogens (tertiary/aromatic N) is 1. The lowest BCUT2D eigenvalue weighted by molar-refractivity contribution is -0.228. The smallest absolute Gasteiger partial charge is 0.426 e. The molecule has 0 spiro atoms. The first-order chi connectivity index (χ1) is 18.7. The fourth-order valence-corrected chi connectivity index (χ4v) is 7.31. The van der Waals surface area contributed by atoms with Crippen LogP contribution in [0.2, 0.25) is 5.02 Å². The maximum atomic E-state index is 14.9. The van der Waals surface area contributed by atoms with Crippen molar-refractivity contribution in [3.63, 3.8) is 0 Å². The predicted molar refractivity (Wildman–Crippen MR) is 141 cm³/mol. The Bertz CT molecular complexity index is 1320. The highest BCUT2D eigenvalue weighted by molar-refractivity contribution is 6.30. The predicted octanol–water partition coefficient (Wildman–Crippen LogP) is 6.12. The van der Waals surface area contributed by atoms with Gasteiger partial charge in [-0.2, -0.15) is 13.2 Å². The number of alkyl halides is 4. The maximum Gasteiger partial charge on any atom is 0.426 e. The molecule has 2 aromatic rings. The molecule has 3 atom stereocenters. The van der Waals surface area contributed by atoms with E-state index in [2.05, 4.69) is 0 Å². The molecule has 5 rings (SSSR count). The third-order valence-electron chi connectivity index (χ3n) is 9.45. The molecule has 2 N–H and O–H groups in total. The van der Waals surface area contributed by atoms with Crippen molar-refractivity contribution in [2.24, 2.45) is 5.92 Å². The number of halogens is 5. The molecule has 216 valence electrons. The van der Waals surface area contributed by atoms with Crippen LogP contribution >= 0.6 is 11.6 Å². The lowest BCUT2D eigenvalue weighted by atomic mass is 9.63. The minimum Gasteiger partial charge on any atom is -0.481 e. The van der Waals surface area contributed by atoms with E-state index >= 15 is 0 Å². The number of fused-ring (bicyclic) bond motifs is 3. The van der Waals surface area contributed by atoms with Crippen LogP contribution < -0.4 is 0 Å². The van der Waals surface area contributed by atoms with Crippen molar-refractivity contribution in [3.8, 4) is 0 Å². The molecule has 3 unspecified atom stereocenters. The van der Waals surface area contributed by atoms with Crippen molar-refractivity contribution >= 4 is 23.5 Å². The Hall–Kier alpha value is -2.65. The van der Waals surface area contributed by atoms with E-state index in [0.717, 1.165) is 11.1 Å². The van der Waals surface area contributed by atoms with E-state index in [-0.39, 0.29) is 31.7 Å². The van der Waals surface area contributed by atoms with E-state index in [1.165, 1.54) is 12.1 Å². The Balaban J connectivity index is 1.52. The number of carbonyl (C=O) groups is 2. The first-order valence-corrected chi connectivity index (χ1v) is 14.0. The molecule has 2 aliphatic carbocycles. The van der Waals surface area contributed by atoms with Gasteiger partial charge >= 0.3 is 12.1 Å². The standard InChI is InChI=1S/C30H32ClF4NO4/c1-27(32,30(33,34)35)21-6-7-23-20(16-21)5-8-24-28(23,17-18-3-2-4-22(31)15-18)13-14-36(24)26(39)29(40)11-9-19(10-12-29)25(37)38/h2-4,6-7,15-16,19,24,40H,5,8-14,17H2,1H3,(H,37,38). The first-order valence-electron chi connectivity index (χ1n) is 13.6. The summed E-state index contributed by atoms with van der Waals surface area (Å²) < 4.78 is 55.4. The van der Waals surface area contributed by atoms with E-state index in [1.54, 1.807) is 17.0 Å². The second-order valence-electron chi connectivity index (χ2n) is 11.8. The number of amides is 1. The number of carbonyl (C=O) groups excluding carboxylic acids is 1. The second-order valence-corrected chi connectivity index (χ2v) is 12.2. The number of hydrogen-bond acceptors (Lipinski definition) is 3. The molecule has 0 bridgehead atoms. The van der Waals surface area contributed by atoms with E-state index in [0.29, 0.717) is 49.7 Å². The molecule has 2 fully saturated rings. The Kier molecular flexibility index (Phi) is 7.23. The lowest BCUT2D eigenvalue weighted by Gasteiger charge is -2.46. The third-order valence-corrected chi connectivity index (χ3v) is 9.68. The molecule has 0 radical (unpaired) electrons. The number of carboxylic acid groups (broad SMARTS) is 1. The van der Waals surface area contributed by atoms with Gasteiger partial charge in [0, 0.05) is 23.0 Å². The minimum absolute atomic E-state index is 0.0553. The van der Waals surface area contributed by atoms with Crippen LogP contribution in [0.15, 0.2) is 42.5 Å². The third kappa shape index (κ3) is 4.79. The molecule has 1 heterocycles. The summed E-state index contributed by atoms with van der Waals surface area (Å²) >= 11 is 6.26. The van der Waals surface area contributed by atoms with E-state index < -0.39 is 46.2 Å². The Morgan fingerprint density at radius 2 is 1.75 bits per heavy atom. The molecular formula is C30H32ClF4NO4. The summed E-state index contributed by atoms with van der Waals surface area (Å²) in [5.74, 6) is -1.96. The number of aliphatic hydroxyl groups is 1. The molecule has 2 aromatic carbocycles. The van der Waals surface area contributed by atoms with Gasteiger partial charge in [0.2, 0.25) is 5.67 Å². The van der Waals surface area contributed by atoms with Crippen LogP contribution in [0.5, 0.6) is 0 Å². The van der Waals surface area contributed by atoms with E-state index in [9.17, 15) is 37.4 Å². The topological polar surface area (TPSA) is 77.8 Å². The van der Waals surface area contributed by atoms with Crippen LogP contribution in [-0.2, 0) is 33.5 Å². The van der Waals surface area contributed by atoms with E-state index in [1.807, 2.05) is 18.2 Å². The van der Waals surface area contributed by atoms with Gasteiger partial charge < -0.3 is 15.1 Å². The van der Waals surface area contributed by atoms with Crippen LogP contribution in [0, 0.1) is 5.92 Å². The first kappa shape index (κ1) is 28.9. The Morgan fingerprint density at radius 1 is 1.05 bits per heavy atom. The van der Waals surface area contributed by atoms with Gasteiger partial charge in [-0.3, -0.25) is 9.59 Å². The Labute approximate surface area is 235 Å². The number of carboxylic acids is 1. The number of rotatable bonds is 5. The fourth-order valence-electron chi connectivity index (χ4n) is 7.10. The highest BCUT2D eigenvalue weighted by atomic mass is 35.5. The zero-order chi connectivity index (χ0) is 29.1. The number of benzene rings is 2. The van der Waals surface area contributed by atoms with Gasteiger partial charge in [-0.15, -0.1) is 0 Å².